The van der Waals surface area contributed by atoms with Crippen LogP contribution in [-0.2, 0) is 14.9 Å². The molecule has 0 saturated heterocycles. The largest absolute Gasteiger partial charge is 0.394 e. The van der Waals surface area contributed by atoms with Crippen LogP contribution >= 0.6 is 23.2 Å². The van der Waals surface area contributed by atoms with Crippen molar-refractivity contribution >= 4 is 39.2 Å². The van der Waals surface area contributed by atoms with E-state index < -0.39 is 39.6 Å². The predicted octanol–water partition coefficient (Wildman–Crippen LogP) is 0.248. The Morgan fingerprint density at radius 3 is 2.14 bits per heavy atom. The quantitative estimate of drug-likeness (QED) is 0.427. The zero-order chi connectivity index (χ0) is 16.2. The van der Waals surface area contributed by atoms with Gasteiger partial charge in [-0.1, -0.05) is 35.3 Å². The normalized spacial score (nSPS) is 14.8. The van der Waals surface area contributed by atoms with Gasteiger partial charge < -0.3 is 15.5 Å². The van der Waals surface area contributed by atoms with Crippen LogP contribution in [0.1, 0.15) is 11.7 Å². The first-order valence-corrected chi connectivity index (χ1v) is 7.93. The number of rotatable bonds is 6. The third-order valence-corrected chi connectivity index (χ3v) is 3.89. The number of benzene rings is 1. The van der Waals surface area contributed by atoms with Gasteiger partial charge in [-0.15, -0.1) is 0 Å². The molecule has 0 fully saturated rings. The number of carbonyl (C=O) groups is 1. The van der Waals surface area contributed by atoms with Crippen LogP contribution in [0.4, 0.5) is 0 Å². The van der Waals surface area contributed by atoms with Crippen molar-refractivity contribution < 1.29 is 28.0 Å². The monoisotopic (exact) mass is 357 g/mol. The maximum absolute atomic E-state index is 11.3. The molecule has 0 heterocycles. The van der Waals surface area contributed by atoms with E-state index in [4.69, 9.17) is 27.8 Å². The summed E-state index contributed by atoms with van der Waals surface area (Å²) in [6.45, 7) is -0.590. The van der Waals surface area contributed by atoms with Gasteiger partial charge in [0.1, 0.15) is 6.10 Å². The van der Waals surface area contributed by atoms with Crippen LogP contribution < -0.4 is 5.32 Å². The van der Waals surface area contributed by atoms with E-state index in [9.17, 15) is 23.4 Å². The standard InChI is InChI=1S/C11H13Cl2NO6S/c12-10(13)11(17)14-8(5-15)9(16)6-1-3-7(4-2-6)21(18,19)20/h1-4,8-10,15-16H,5H2,(H,14,17)(H,18,19,20). The van der Waals surface area contributed by atoms with Crippen molar-refractivity contribution in [1.82, 2.24) is 5.32 Å². The Bertz CT molecular complexity index is 589. The molecule has 0 aliphatic rings. The number of halogens is 2. The van der Waals surface area contributed by atoms with E-state index in [0.717, 1.165) is 12.1 Å². The predicted molar refractivity (Wildman–Crippen MR) is 75.7 cm³/mol. The third-order valence-electron chi connectivity index (χ3n) is 2.62. The van der Waals surface area contributed by atoms with Gasteiger partial charge in [-0.3, -0.25) is 9.35 Å². The summed E-state index contributed by atoms with van der Waals surface area (Å²) >= 11 is 10.7. The molecule has 1 aromatic carbocycles. The first kappa shape index (κ1) is 18.1. The zero-order valence-corrected chi connectivity index (χ0v) is 12.8. The smallest absolute Gasteiger partial charge is 0.294 e. The molecule has 0 aromatic heterocycles. The highest BCUT2D eigenvalue weighted by Gasteiger charge is 2.24. The molecule has 0 spiro atoms. The molecule has 1 rings (SSSR count). The Labute approximate surface area is 131 Å². The third kappa shape index (κ3) is 5.10. The highest BCUT2D eigenvalue weighted by Crippen LogP contribution is 2.19. The van der Waals surface area contributed by atoms with Crippen LogP contribution in [0.3, 0.4) is 0 Å². The van der Waals surface area contributed by atoms with Gasteiger partial charge in [-0.2, -0.15) is 8.42 Å². The number of carbonyl (C=O) groups excluding carboxylic acids is 1. The minimum Gasteiger partial charge on any atom is -0.394 e. The van der Waals surface area contributed by atoms with Gasteiger partial charge in [0.05, 0.1) is 17.5 Å². The highest BCUT2D eigenvalue weighted by molar-refractivity contribution is 7.85. The molecule has 0 saturated carbocycles. The first-order valence-electron chi connectivity index (χ1n) is 5.61. The van der Waals surface area contributed by atoms with E-state index in [1.54, 1.807) is 0 Å². The fourth-order valence-corrected chi connectivity index (χ4v) is 2.15. The molecule has 0 radical (unpaired) electrons. The molecule has 4 N–H and O–H groups in total. The summed E-state index contributed by atoms with van der Waals surface area (Å²) in [6.07, 6.45) is -1.32. The Balaban J connectivity index is 2.90. The van der Waals surface area contributed by atoms with E-state index in [1.807, 2.05) is 0 Å². The van der Waals surface area contributed by atoms with Crippen LogP contribution in [-0.4, -0.2) is 46.6 Å². The number of hydrogen-bond acceptors (Lipinski definition) is 5. The van der Waals surface area contributed by atoms with Crippen LogP contribution in [0.2, 0.25) is 0 Å². The summed E-state index contributed by atoms with van der Waals surface area (Å²) in [5, 5.41) is 21.4. The lowest BCUT2D eigenvalue weighted by Crippen LogP contribution is -2.44. The second-order valence-electron chi connectivity index (χ2n) is 4.09. The van der Waals surface area contributed by atoms with Gasteiger partial charge in [0.2, 0.25) is 0 Å². The summed E-state index contributed by atoms with van der Waals surface area (Å²) in [4.78, 5) is 9.63. The lowest BCUT2D eigenvalue weighted by Gasteiger charge is -2.23. The van der Waals surface area contributed by atoms with Gasteiger partial charge in [-0.05, 0) is 17.7 Å². The van der Waals surface area contributed by atoms with E-state index in [-0.39, 0.29) is 10.5 Å². The molecule has 1 aromatic rings. The van der Waals surface area contributed by atoms with Crippen molar-refractivity contribution in [3.8, 4) is 0 Å². The Hall–Kier alpha value is -0.900. The summed E-state index contributed by atoms with van der Waals surface area (Å²) in [5.74, 6) is -0.786. The molecular formula is C11H13Cl2NO6S. The topological polar surface area (TPSA) is 124 Å². The molecule has 10 heteroatoms. The lowest BCUT2D eigenvalue weighted by atomic mass is 10.0. The average molecular weight is 358 g/mol. The van der Waals surface area contributed by atoms with Gasteiger partial charge in [0, 0.05) is 0 Å². The van der Waals surface area contributed by atoms with Crippen molar-refractivity contribution in [1.29, 1.82) is 0 Å². The zero-order valence-electron chi connectivity index (χ0n) is 10.5. The molecule has 118 valence electrons. The van der Waals surface area contributed by atoms with Crippen molar-refractivity contribution in [2.45, 2.75) is 21.9 Å². The van der Waals surface area contributed by atoms with Gasteiger partial charge >= 0.3 is 0 Å². The van der Waals surface area contributed by atoms with Crippen LogP contribution in [0.5, 0.6) is 0 Å². The molecule has 7 nitrogen and oxygen atoms in total. The minimum absolute atomic E-state index is 0.224. The Morgan fingerprint density at radius 2 is 1.76 bits per heavy atom. The van der Waals surface area contributed by atoms with Crippen LogP contribution in [0.15, 0.2) is 29.2 Å². The molecule has 21 heavy (non-hydrogen) atoms. The Morgan fingerprint density at radius 1 is 1.24 bits per heavy atom. The van der Waals surface area contributed by atoms with Crippen molar-refractivity contribution in [3.63, 3.8) is 0 Å². The second kappa shape index (κ2) is 7.39. The number of alkyl halides is 2. The molecule has 0 aliphatic heterocycles. The summed E-state index contributed by atoms with van der Waals surface area (Å²) in [5.41, 5.74) is 0.224. The maximum atomic E-state index is 11.3. The second-order valence-corrected chi connectivity index (χ2v) is 6.61. The fraction of sp³-hybridized carbons (Fsp3) is 0.364. The van der Waals surface area contributed by atoms with E-state index in [1.165, 1.54) is 12.1 Å². The summed E-state index contributed by atoms with van der Waals surface area (Å²) in [6, 6.07) is 3.56. The number of nitrogens with one attached hydrogen (secondary N) is 1. The van der Waals surface area contributed by atoms with Crippen molar-refractivity contribution in [2.75, 3.05) is 6.61 Å². The molecule has 0 aliphatic carbocycles. The number of amides is 1. The molecule has 2 unspecified atom stereocenters. The number of aliphatic hydroxyl groups is 2. The van der Waals surface area contributed by atoms with Gasteiger partial charge in [0.15, 0.2) is 4.84 Å². The molecular weight excluding hydrogens is 345 g/mol. The van der Waals surface area contributed by atoms with Gasteiger partial charge in [-0.25, -0.2) is 0 Å². The Kier molecular flexibility index (Phi) is 6.39. The highest BCUT2D eigenvalue weighted by atomic mass is 35.5. The number of aliphatic hydroxyl groups excluding tert-OH is 2. The SMILES string of the molecule is O=C(NC(CO)C(O)c1ccc(S(=O)(=O)O)cc1)C(Cl)Cl. The van der Waals surface area contributed by atoms with E-state index >= 15 is 0 Å². The molecule has 2 atom stereocenters. The van der Waals surface area contributed by atoms with Crippen LogP contribution in [0.25, 0.3) is 0 Å². The van der Waals surface area contributed by atoms with E-state index in [0.29, 0.717) is 0 Å². The van der Waals surface area contributed by atoms with Gasteiger partial charge in [0.25, 0.3) is 16.0 Å². The summed E-state index contributed by atoms with van der Waals surface area (Å²) < 4.78 is 30.6. The number of hydrogen-bond donors (Lipinski definition) is 4. The first-order chi connectivity index (χ1) is 9.66. The average Bonchev–Trinajstić information content (AvgIpc) is 2.42. The fourth-order valence-electron chi connectivity index (χ4n) is 1.54. The lowest BCUT2D eigenvalue weighted by molar-refractivity contribution is -0.121. The minimum atomic E-state index is -4.34. The van der Waals surface area contributed by atoms with E-state index in [2.05, 4.69) is 5.32 Å². The van der Waals surface area contributed by atoms with Crippen LogP contribution in [0, 0.1) is 0 Å². The van der Waals surface area contributed by atoms with Crippen molar-refractivity contribution in [3.05, 3.63) is 29.8 Å². The summed E-state index contributed by atoms with van der Waals surface area (Å²) in [7, 11) is -4.34. The maximum Gasteiger partial charge on any atom is 0.294 e. The van der Waals surface area contributed by atoms with Crippen molar-refractivity contribution in [2.24, 2.45) is 0 Å². The molecule has 1 amide bonds. The molecule has 0 bridgehead atoms.